The van der Waals surface area contributed by atoms with E-state index in [2.05, 4.69) is 33.1 Å². The van der Waals surface area contributed by atoms with E-state index in [9.17, 15) is 0 Å². The van der Waals surface area contributed by atoms with Gasteiger partial charge in [-0.2, -0.15) is 5.10 Å². The van der Waals surface area contributed by atoms with Crippen molar-refractivity contribution in [1.82, 2.24) is 10.2 Å². The summed E-state index contributed by atoms with van der Waals surface area (Å²) in [5.41, 5.74) is 2.22. The maximum absolute atomic E-state index is 4.29. The van der Waals surface area contributed by atoms with E-state index in [1.165, 1.54) is 9.58 Å². The zero-order valence-corrected chi connectivity index (χ0v) is 8.28. The molecule has 0 aromatic carbocycles. The molecule has 0 atom stereocenters. The Hall–Kier alpha value is -1.13. The summed E-state index contributed by atoms with van der Waals surface area (Å²) in [7, 11) is 0. The molecule has 0 aliphatic rings. The predicted molar refractivity (Wildman–Crippen MR) is 57.3 cm³/mol. The molecule has 0 aliphatic heterocycles. The third-order valence-electron chi connectivity index (χ3n) is 1.92. The first-order valence-electron chi connectivity index (χ1n) is 3.90. The molecule has 0 fully saturated rings. The smallest absolute Gasteiger partial charge is 0.120 e. The summed E-state index contributed by atoms with van der Waals surface area (Å²) < 4.78 is 1.25. The van der Waals surface area contributed by atoms with Crippen LogP contribution in [0.15, 0.2) is 29.0 Å². The van der Waals surface area contributed by atoms with Crippen LogP contribution in [-0.4, -0.2) is 10.2 Å². The summed E-state index contributed by atoms with van der Waals surface area (Å²) in [5, 5.41) is 11.5. The van der Waals surface area contributed by atoms with Crippen molar-refractivity contribution >= 4 is 32.9 Å². The molecule has 1 N–H and O–H groups in total. The van der Waals surface area contributed by atoms with E-state index in [1.54, 1.807) is 22.7 Å². The molecule has 0 spiro atoms. The van der Waals surface area contributed by atoms with E-state index >= 15 is 0 Å². The number of aromatic amines is 1. The van der Waals surface area contributed by atoms with E-state index in [0.717, 1.165) is 11.2 Å². The van der Waals surface area contributed by atoms with E-state index in [4.69, 9.17) is 0 Å². The van der Waals surface area contributed by atoms with Crippen LogP contribution in [0.5, 0.6) is 0 Å². The minimum atomic E-state index is 1.08. The molecular weight excluding hydrogens is 200 g/mol. The number of hydrogen-bond acceptors (Lipinski definition) is 3. The lowest BCUT2D eigenvalue weighted by Gasteiger charge is -1.86. The lowest BCUT2D eigenvalue weighted by molar-refractivity contribution is 1.13. The van der Waals surface area contributed by atoms with Gasteiger partial charge in [0.1, 0.15) is 5.69 Å². The third-order valence-corrected chi connectivity index (χ3v) is 3.72. The number of aromatic nitrogens is 2. The van der Waals surface area contributed by atoms with Gasteiger partial charge in [-0.1, -0.05) is 6.07 Å². The van der Waals surface area contributed by atoms with Crippen LogP contribution in [0.25, 0.3) is 20.8 Å². The van der Waals surface area contributed by atoms with Crippen LogP contribution in [-0.2, 0) is 0 Å². The van der Waals surface area contributed by atoms with Crippen LogP contribution < -0.4 is 0 Å². The first kappa shape index (κ1) is 7.29. The Kier molecular flexibility index (Phi) is 1.50. The molecular formula is C9H6N2S2. The van der Waals surface area contributed by atoms with Crippen molar-refractivity contribution in [3.63, 3.8) is 0 Å². The molecule has 0 radical (unpaired) electrons. The number of nitrogens with one attached hydrogen (secondary N) is 1. The Bertz CT molecular complexity index is 519. The summed E-state index contributed by atoms with van der Waals surface area (Å²) in [4.78, 5) is 1.23. The van der Waals surface area contributed by atoms with Crippen LogP contribution >= 0.6 is 22.7 Å². The topological polar surface area (TPSA) is 28.7 Å². The number of fused-ring (bicyclic) bond motifs is 1. The molecule has 0 aliphatic carbocycles. The molecule has 3 aromatic rings. The zero-order chi connectivity index (χ0) is 8.67. The van der Waals surface area contributed by atoms with Crippen molar-refractivity contribution in [1.29, 1.82) is 0 Å². The van der Waals surface area contributed by atoms with E-state index in [1.807, 2.05) is 6.07 Å². The molecule has 64 valence electrons. The van der Waals surface area contributed by atoms with Gasteiger partial charge in [-0.3, -0.25) is 5.10 Å². The maximum atomic E-state index is 4.29. The molecule has 13 heavy (non-hydrogen) atoms. The number of thiophene rings is 2. The van der Waals surface area contributed by atoms with Gasteiger partial charge in [0.25, 0.3) is 0 Å². The molecule has 0 amide bonds. The summed E-state index contributed by atoms with van der Waals surface area (Å²) in [5.74, 6) is 0. The van der Waals surface area contributed by atoms with Gasteiger partial charge in [0.15, 0.2) is 0 Å². The highest BCUT2D eigenvalue weighted by molar-refractivity contribution is 7.19. The van der Waals surface area contributed by atoms with Gasteiger partial charge in [-0.05, 0) is 22.9 Å². The second-order valence-electron chi connectivity index (χ2n) is 2.71. The second-order valence-corrected chi connectivity index (χ2v) is 4.58. The number of rotatable bonds is 1. The van der Waals surface area contributed by atoms with Crippen LogP contribution in [0.1, 0.15) is 0 Å². The molecule has 0 saturated heterocycles. The fourth-order valence-electron chi connectivity index (χ4n) is 1.33. The highest BCUT2D eigenvalue weighted by atomic mass is 32.1. The molecule has 3 heterocycles. The van der Waals surface area contributed by atoms with Crippen molar-refractivity contribution in [2.75, 3.05) is 0 Å². The van der Waals surface area contributed by atoms with Crippen molar-refractivity contribution in [2.45, 2.75) is 0 Å². The van der Waals surface area contributed by atoms with Gasteiger partial charge in [-0.15, -0.1) is 22.7 Å². The van der Waals surface area contributed by atoms with Crippen LogP contribution in [0.4, 0.5) is 0 Å². The first-order chi connectivity index (χ1) is 6.45. The Balaban J connectivity index is 2.33. The maximum Gasteiger partial charge on any atom is 0.120 e. The lowest BCUT2D eigenvalue weighted by atomic mass is 10.3. The second kappa shape index (κ2) is 2.68. The summed E-state index contributed by atoms with van der Waals surface area (Å²) in [6, 6.07) is 6.21. The molecule has 0 saturated carbocycles. The Morgan fingerprint density at radius 2 is 2.15 bits per heavy atom. The fraction of sp³-hybridized carbons (Fsp3) is 0. The molecule has 0 unspecified atom stereocenters. The standard InChI is InChI=1S/C9H6N2S2/c1-2-7(12-4-1)8-9-6(10-11-8)3-5-13-9/h1-5H,(H,10,11). The van der Waals surface area contributed by atoms with Gasteiger partial charge in [-0.25, -0.2) is 0 Å². The van der Waals surface area contributed by atoms with E-state index in [0.29, 0.717) is 0 Å². The average molecular weight is 206 g/mol. The van der Waals surface area contributed by atoms with E-state index in [-0.39, 0.29) is 0 Å². The molecule has 0 bridgehead atoms. The largest absolute Gasteiger partial charge is 0.276 e. The van der Waals surface area contributed by atoms with Crippen molar-refractivity contribution in [3.8, 4) is 10.6 Å². The van der Waals surface area contributed by atoms with Crippen molar-refractivity contribution < 1.29 is 0 Å². The van der Waals surface area contributed by atoms with Crippen LogP contribution in [0.3, 0.4) is 0 Å². The Morgan fingerprint density at radius 1 is 1.15 bits per heavy atom. The van der Waals surface area contributed by atoms with Crippen molar-refractivity contribution in [3.05, 3.63) is 29.0 Å². The SMILES string of the molecule is c1csc(-c2n[nH]c3ccsc23)c1. The van der Waals surface area contributed by atoms with E-state index < -0.39 is 0 Å². The highest BCUT2D eigenvalue weighted by Gasteiger charge is 2.08. The summed E-state index contributed by atoms with van der Waals surface area (Å²) in [6.45, 7) is 0. The quantitative estimate of drug-likeness (QED) is 0.650. The Morgan fingerprint density at radius 3 is 3.00 bits per heavy atom. The molecule has 4 heteroatoms. The lowest BCUT2D eigenvalue weighted by Crippen LogP contribution is -1.70. The predicted octanol–water partition coefficient (Wildman–Crippen LogP) is 3.35. The zero-order valence-electron chi connectivity index (χ0n) is 6.65. The van der Waals surface area contributed by atoms with Crippen LogP contribution in [0, 0.1) is 0 Å². The average Bonchev–Trinajstić information content (AvgIpc) is 2.79. The molecule has 3 rings (SSSR count). The first-order valence-corrected chi connectivity index (χ1v) is 5.66. The van der Waals surface area contributed by atoms with Gasteiger partial charge < -0.3 is 0 Å². The normalized spacial score (nSPS) is 11.1. The summed E-state index contributed by atoms with van der Waals surface area (Å²) >= 11 is 3.45. The Labute approximate surface area is 82.8 Å². The van der Waals surface area contributed by atoms with Gasteiger partial charge >= 0.3 is 0 Å². The minimum Gasteiger partial charge on any atom is -0.276 e. The van der Waals surface area contributed by atoms with Gasteiger partial charge in [0.2, 0.25) is 0 Å². The third kappa shape index (κ3) is 1.03. The highest BCUT2D eigenvalue weighted by Crippen LogP contribution is 2.32. The van der Waals surface area contributed by atoms with Gasteiger partial charge in [0.05, 0.1) is 15.1 Å². The fourth-order valence-corrected chi connectivity index (χ4v) is 2.96. The molecule has 3 aromatic heterocycles. The van der Waals surface area contributed by atoms with Crippen LogP contribution in [0.2, 0.25) is 0 Å². The summed E-state index contributed by atoms with van der Waals surface area (Å²) in [6.07, 6.45) is 0. The monoisotopic (exact) mass is 206 g/mol. The number of H-pyrrole nitrogens is 1. The van der Waals surface area contributed by atoms with Crippen molar-refractivity contribution in [2.24, 2.45) is 0 Å². The number of nitrogens with zero attached hydrogens (tertiary/aromatic N) is 1. The van der Waals surface area contributed by atoms with Gasteiger partial charge in [0, 0.05) is 0 Å². The number of hydrogen-bond donors (Lipinski definition) is 1. The minimum absolute atomic E-state index is 1.08. The molecule has 2 nitrogen and oxygen atoms in total.